The van der Waals surface area contributed by atoms with E-state index in [4.69, 9.17) is 9.47 Å². The highest BCUT2D eigenvalue weighted by Gasteiger charge is 2.37. The number of hydrogen-bond acceptors (Lipinski definition) is 8. The van der Waals surface area contributed by atoms with Gasteiger partial charge in [0.1, 0.15) is 5.75 Å². The molecule has 1 aliphatic rings. The van der Waals surface area contributed by atoms with Gasteiger partial charge in [-0.3, -0.25) is 13.9 Å². The summed E-state index contributed by atoms with van der Waals surface area (Å²) in [5, 5.41) is 20.2. The molecule has 4 rings (SSSR count). The first kappa shape index (κ1) is 33.9. The minimum Gasteiger partial charge on any atom is -0.497 e. The van der Waals surface area contributed by atoms with Gasteiger partial charge in [0.15, 0.2) is 0 Å². The topological polar surface area (TPSA) is 146 Å². The van der Waals surface area contributed by atoms with Crippen LogP contribution >= 0.6 is 0 Å². The molecule has 1 saturated heterocycles. The van der Waals surface area contributed by atoms with Gasteiger partial charge in [0, 0.05) is 31.3 Å². The lowest BCUT2D eigenvalue weighted by molar-refractivity contribution is 0.0820. The molecule has 0 aliphatic carbocycles. The molecule has 12 heteroatoms. The summed E-state index contributed by atoms with van der Waals surface area (Å²) in [5.41, 5.74) is 1.68. The van der Waals surface area contributed by atoms with E-state index in [9.17, 15) is 23.1 Å². The van der Waals surface area contributed by atoms with E-state index in [0.29, 0.717) is 25.4 Å². The third-order valence-corrected chi connectivity index (χ3v) is 9.39. The van der Waals surface area contributed by atoms with Crippen molar-refractivity contribution in [2.75, 3.05) is 44.5 Å². The number of aliphatic hydroxyl groups excluding tert-OH is 1. The van der Waals surface area contributed by atoms with E-state index in [1.807, 2.05) is 61.5 Å². The molecule has 0 bridgehead atoms. The van der Waals surface area contributed by atoms with Crippen molar-refractivity contribution in [3.05, 3.63) is 95.1 Å². The average molecular weight is 639 g/mol. The highest BCUT2D eigenvalue weighted by Crippen LogP contribution is 2.32. The fourth-order valence-corrected chi connectivity index (χ4v) is 5.66. The second-order valence-electron chi connectivity index (χ2n) is 11.4. The first-order valence-corrected chi connectivity index (χ1v) is 16.6. The van der Waals surface area contributed by atoms with Gasteiger partial charge >= 0.3 is 0 Å². The lowest BCUT2D eigenvalue weighted by atomic mass is 9.88. The number of carbonyl (C=O) groups is 2. The van der Waals surface area contributed by atoms with Crippen LogP contribution in [0.4, 0.5) is 5.69 Å². The fourth-order valence-electron chi connectivity index (χ4n) is 5.17. The molecule has 1 fully saturated rings. The summed E-state index contributed by atoms with van der Waals surface area (Å²) < 4.78 is 36.8. The van der Waals surface area contributed by atoms with Crippen LogP contribution in [-0.4, -0.2) is 77.7 Å². The molecular weight excluding hydrogens is 596 g/mol. The molecule has 1 aliphatic heterocycles. The van der Waals surface area contributed by atoms with Gasteiger partial charge in [-0.25, -0.2) is 8.42 Å². The molecule has 242 valence electrons. The van der Waals surface area contributed by atoms with Crippen LogP contribution in [0.3, 0.4) is 0 Å². The van der Waals surface area contributed by atoms with Crippen LogP contribution in [-0.2, 0) is 20.3 Å². The molecule has 0 aromatic heterocycles. The number of rotatable bonds is 13. The quantitative estimate of drug-likeness (QED) is 0.224. The summed E-state index contributed by atoms with van der Waals surface area (Å²) in [4.78, 5) is 26.7. The zero-order chi connectivity index (χ0) is 32.8. The smallest absolute Gasteiger partial charge is 0.251 e. The molecule has 0 radical (unpaired) electrons. The van der Waals surface area contributed by atoms with E-state index >= 15 is 0 Å². The number of nitrogens with zero attached hydrogens (tertiary/aromatic N) is 1. The van der Waals surface area contributed by atoms with Crippen LogP contribution in [0.5, 0.6) is 5.75 Å². The molecule has 45 heavy (non-hydrogen) atoms. The highest BCUT2D eigenvalue weighted by atomic mass is 32.2. The number of nitrogens with one attached hydrogen (secondary N) is 3. The molecular formula is C33H42N4O7S. The van der Waals surface area contributed by atoms with Crippen molar-refractivity contribution in [3.8, 4) is 5.75 Å². The summed E-state index contributed by atoms with van der Waals surface area (Å²) in [7, 11) is -0.733. The van der Waals surface area contributed by atoms with Crippen molar-refractivity contribution in [1.29, 1.82) is 0 Å². The summed E-state index contributed by atoms with van der Waals surface area (Å²) in [6, 6.07) is 20.3. The number of amides is 2. The molecule has 4 N–H and O–H groups in total. The number of sulfonamides is 1. The maximum Gasteiger partial charge on any atom is 0.251 e. The Morgan fingerprint density at radius 1 is 1.00 bits per heavy atom. The number of anilines is 1. The van der Waals surface area contributed by atoms with E-state index in [0.717, 1.165) is 21.7 Å². The molecule has 4 atom stereocenters. The fraction of sp³-hybridized carbons (Fsp3) is 0.394. The average Bonchev–Trinajstić information content (AvgIpc) is 3.53. The second-order valence-corrected chi connectivity index (χ2v) is 13.4. The van der Waals surface area contributed by atoms with Gasteiger partial charge in [-0.15, -0.1) is 0 Å². The third-order valence-electron chi connectivity index (χ3n) is 8.18. The number of methoxy groups -OCH3 is 1. The van der Waals surface area contributed by atoms with E-state index in [1.165, 1.54) is 25.2 Å². The van der Waals surface area contributed by atoms with E-state index in [2.05, 4.69) is 16.0 Å². The number of ether oxygens (including phenoxy) is 2. The molecule has 1 unspecified atom stereocenters. The molecule has 0 spiro atoms. The van der Waals surface area contributed by atoms with Gasteiger partial charge in [0.2, 0.25) is 10.0 Å². The van der Waals surface area contributed by atoms with E-state index < -0.39 is 39.5 Å². The molecule has 11 nitrogen and oxygen atoms in total. The Morgan fingerprint density at radius 2 is 1.67 bits per heavy atom. The van der Waals surface area contributed by atoms with Crippen molar-refractivity contribution < 1.29 is 32.6 Å². The van der Waals surface area contributed by atoms with Crippen LogP contribution in [0.2, 0.25) is 0 Å². The van der Waals surface area contributed by atoms with Gasteiger partial charge in [-0.2, -0.15) is 0 Å². The van der Waals surface area contributed by atoms with Crippen molar-refractivity contribution >= 4 is 27.5 Å². The van der Waals surface area contributed by atoms with Crippen LogP contribution < -0.4 is 25.0 Å². The first-order valence-electron chi connectivity index (χ1n) is 14.7. The number of benzene rings is 3. The maximum atomic E-state index is 13.4. The Labute approximate surface area is 265 Å². The van der Waals surface area contributed by atoms with Crippen molar-refractivity contribution in [1.82, 2.24) is 16.0 Å². The van der Waals surface area contributed by atoms with Gasteiger partial charge in [0.05, 0.1) is 49.4 Å². The Bertz CT molecular complexity index is 1590. The van der Waals surface area contributed by atoms with E-state index in [1.54, 1.807) is 14.0 Å². The van der Waals surface area contributed by atoms with Crippen LogP contribution in [0.15, 0.2) is 72.8 Å². The van der Waals surface area contributed by atoms with Gasteiger partial charge in [0.25, 0.3) is 11.8 Å². The van der Waals surface area contributed by atoms with Gasteiger partial charge in [-0.1, -0.05) is 42.5 Å². The SMILES string of the molecule is COc1cccc(C2(NC[C@@H](O)[C@H](C)NC(=O)c3cc(C(=O)N[C@H](C)c4ccccc4)cc(N(C)S(C)(=O)=O)c3)CCOC2)c1. The Hall–Kier alpha value is -3.97. The maximum absolute atomic E-state index is 13.4. The van der Waals surface area contributed by atoms with Crippen molar-refractivity contribution in [3.63, 3.8) is 0 Å². The monoisotopic (exact) mass is 638 g/mol. The Morgan fingerprint density at radius 3 is 2.27 bits per heavy atom. The van der Waals surface area contributed by atoms with Crippen LogP contribution in [0.1, 0.15) is 58.2 Å². The Kier molecular flexibility index (Phi) is 10.9. The zero-order valence-corrected chi connectivity index (χ0v) is 27.1. The van der Waals surface area contributed by atoms with Crippen LogP contribution in [0, 0.1) is 0 Å². The lowest BCUT2D eigenvalue weighted by Crippen LogP contribution is -2.51. The molecule has 1 heterocycles. The number of hydrogen-bond donors (Lipinski definition) is 4. The second kappa shape index (κ2) is 14.4. The predicted octanol–water partition coefficient (Wildman–Crippen LogP) is 2.97. The molecule has 2 amide bonds. The molecule has 3 aromatic rings. The summed E-state index contributed by atoms with van der Waals surface area (Å²) in [5.74, 6) is -0.321. The van der Waals surface area contributed by atoms with Gasteiger partial charge < -0.3 is 30.5 Å². The van der Waals surface area contributed by atoms with Crippen LogP contribution in [0.25, 0.3) is 0 Å². The van der Waals surface area contributed by atoms with Gasteiger partial charge in [-0.05, 0) is 61.7 Å². The third kappa shape index (κ3) is 8.40. The predicted molar refractivity (Wildman–Crippen MR) is 173 cm³/mol. The number of aliphatic hydroxyl groups is 1. The summed E-state index contributed by atoms with van der Waals surface area (Å²) >= 11 is 0. The van der Waals surface area contributed by atoms with Crippen molar-refractivity contribution in [2.45, 2.75) is 44.0 Å². The standard InChI is InChI=1S/C33H42N4O7S/c1-22(24-10-7-6-8-11-24)35-31(39)25-16-26(18-28(17-25)37(3)45(5,41)42)32(40)36-23(2)30(38)20-34-33(14-15-44-21-33)27-12-9-13-29(19-27)43-4/h6-13,16-19,22-23,30,34,38H,14-15,20-21H2,1-5H3,(H,35,39)(H,36,40)/t22-,23+,30-,33?/m1/s1. The minimum absolute atomic E-state index is 0.0737. The van der Waals surface area contributed by atoms with E-state index in [-0.39, 0.29) is 29.4 Å². The number of carbonyl (C=O) groups excluding carboxylic acids is 2. The molecule has 3 aromatic carbocycles. The largest absolute Gasteiger partial charge is 0.497 e. The Balaban J connectivity index is 1.50. The first-order chi connectivity index (χ1) is 21.3. The highest BCUT2D eigenvalue weighted by molar-refractivity contribution is 7.92. The zero-order valence-electron chi connectivity index (χ0n) is 26.2. The lowest BCUT2D eigenvalue weighted by Gasteiger charge is -2.32. The molecule has 0 saturated carbocycles. The minimum atomic E-state index is -3.69. The van der Waals surface area contributed by atoms with Crippen molar-refractivity contribution in [2.24, 2.45) is 0 Å². The summed E-state index contributed by atoms with van der Waals surface area (Å²) in [6.07, 6.45) is 0.756. The summed E-state index contributed by atoms with van der Waals surface area (Å²) in [6.45, 7) is 4.65. The normalized spacial score (nSPS) is 18.4.